The average molecular weight is 274 g/mol. The largest absolute Gasteiger partial charge is 0.310 e. The van der Waals surface area contributed by atoms with Crippen LogP contribution < -0.4 is 5.32 Å². The zero-order valence-corrected chi connectivity index (χ0v) is 12.5. The fourth-order valence-electron chi connectivity index (χ4n) is 3.51. The van der Waals surface area contributed by atoms with Crippen molar-refractivity contribution in [1.29, 1.82) is 0 Å². The molecular weight excluding hydrogens is 248 g/mol. The second-order valence-electron chi connectivity index (χ2n) is 6.21. The number of hydrogen-bond acceptors (Lipinski definition) is 4. The van der Waals surface area contributed by atoms with Gasteiger partial charge in [0.25, 0.3) is 0 Å². The molecule has 5 heteroatoms. The van der Waals surface area contributed by atoms with Crippen molar-refractivity contribution < 1.29 is 8.42 Å². The molecule has 2 rings (SSSR count). The maximum absolute atomic E-state index is 11.8. The van der Waals surface area contributed by atoms with Crippen LogP contribution in [0.1, 0.15) is 32.6 Å². The Balaban J connectivity index is 1.96. The van der Waals surface area contributed by atoms with Crippen molar-refractivity contribution >= 4 is 9.84 Å². The van der Waals surface area contributed by atoms with Gasteiger partial charge >= 0.3 is 0 Å². The van der Waals surface area contributed by atoms with Crippen LogP contribution in [-0.2, 0) is 9.84 Å². The summed E-state index contributed by atoms with van der Waals surface area (Å²) in [6.07, 6.45) is 5.39. The summed E-state index contributed by atoms with van der Waals surface area (Å²) < 4.78 is 23.5. The molecule has 0 aromatic rings. The van der Waals surface area contributed by atoms with Crippen LogP contribution in [0.4, 0.5) is 0 Å². The second kappa shape index (κ2) is 5.47. The summed E-state index contributed by atoms with van der Waals surface area (Å²) >= 11 is 0. The minimum absolute atomic E-state index is 0.163. The summed E-state index contributed by atoms with van der Waals surface area (Å²) in [4.78, 5) is 2.35. The highest BCUT2D eigenvalue weighted by molar-refractivity contribution is 7.91. The van der Waals surface area contributed by atoms with E-state index in [1.165, 1.54) is 6.26 Å². The molecule has 1 heterocycles. The van der Waals surface area contributed by atoms with Gasteiger partial charge in [-0.1, -0.05) is 13.3 Å². The number of piperidine rings is 1. The minimum atomic E-state index is -2.90. The van der Waals surface area contributed by atoms with Crippen LogP contribution in [0.15, 0.2) is 0 Å². The lowest BCUT2D eigenvalue weighted by Gasteiger charge is -2.37. The molecule has 1 aliphatic carbocycles. The summed E-state index contributed by atoms with van der Waals surface area (Å²) in [5.41, 5.74) is 0. The van der Waals surface area contributed by atoms with E-state index < -0.39 is 9.84 Å². The van der Waals surface area contributed by atoms with E-state index in [0.717, 1.165) is 38.8 Å². The molecule has 4 unspecified atom stereocenters. The van der Waals surface area contributed by atoms with Gasteiger partial charge in [0, 0.05) is 24.9 Å². The van der Waals surface area contributed by atoms with E-state index >= 15 is 0 Å². The zero-order chi connectivity index (χ0) is 13.3. The first-order valence-corrected chi connectivity index (χ1v) is 8.97. The van der Waals surface area contributed by atoms with Crippen LogP contribution >= 0.6 is 0 Å². The zero-order valence-electron chi connectivity index (χ0n) is 11.7. The number of nitrogens with one attached hydrogen (secondary N) is 1. The predicted molar refractivity (Wildman–Crippen MR) is 74.5 cm³/mol. The molecule has 1 N–H and O–H groups in total. The van der Waals surface area contributed by atoms with Crippen molar-refractivity contribution in [3.63, 3.8) is 0 Å². The quantitative estimate of drug-likeness (QED) is 0.830. The SMILES string of the molecule is CC1CN(C)CCC1NC1CCCC1S(C)(=O)=O. The standard InChI is InChI=1S/C13H26N2O2S/c1-10-9-15(2)8-7-11(10)14-12-5-4-6-13(12)18(3,16)17/h10-14H,4-9H2,1-3H3. The lowest BCUT2D eigenvalue weighted by atomic mass is 9.93. The number of sulfone groups is 1. The van der Waals surface area contributed by atoms with E-state index in [0.29, 0.717) is 12.0 Å². The third-order valence-corrected chi connectivity index (χ3v) is 6.20. The third kappa shape index (κ3) is 3.25. The molecule has 0 radical (unpaired) electrons. The molecular formula is C13H26N2O2S. The summed E-state index contributed by atoms with van der Waals surface area (Å²) in [5.74, 6) is 0.601. The van der Waals surface area contributed by atoms with Gasteiger partial charge in [0.2, 0.25) is 0 Å². The first kappa shape index (κ1) is 14.3. The number of hydrogen-bond donors (Lipinski definition) is 1. The number of likely N-dealkylation sites (tertiary alicyclic amines) is 1. The molecule has 18 heavy (non-hydrogen) atoms. The lowest BCUT2D eigenvalue weighted by molar-refractivity contribution is 0.166. The maximum Gasteiger partial charge on any atom is 0.151 e. The molecule has 0 bridgehead atoms. The van der Waals surface area contributed by atoms with Crippen LogP contribution in [0.25, 0.3) is 0 Å². The summed E-state index contributed by atoms with van der Waals surface area (Å²) in [6, 6.07) is 0.657. The van der Waals surface area contributed by atoms with Crippen LogP contribution in [0, 0.1) is 5.92 Å². The highest BCUT2D eigenvalue weighted by Gasteiger charge is 2.37. The van der Waals surface area contributed by atoms with Gasteiger partial charge in [-0.25, -0.2) is 8.42 Å². The molecule has 0 aromatic carbocycles. The summed E-state index contributed by atoms with van der Waals surface area (Å²) in [5, 5.41) is 3.48. The smallest absolute Gasteiger partial charge is 0.151 e. The van der Waals surface area contributed by atoms with E-state index in [9.17, 15) is 8.42 Å². The Morgan fingerprint density at radius 2 is 1.89 bits per heavy atom. The summed E-state index contributed by atoms with van der Waals surface area (Å²) in [7, 11) is -0.749. The minimum Gasteiger partial charge on any atom is -0.310 e. The summed E-state index contributed by atoms with van der Waals surface area (Å²) in [6.45, 7) is 4.48. The second-order valence-corrected chi connectivity index (χ2v) is 8.47. The van der Waals surface area contributed by atoms with Gasteiger partial charge < -0.3 is 10.2 Å². The van der Waals surface area contributed by atoms with Crippen LogP contribution in [0.3, 0.4) is 0 Å². The molecule has 1 aliphatic heterocycles. The van der Waals surface area contributed by atoms with Crippen molar-refractivity contribution in [2.75, 3.05) is 26.4 Å². The van der Waals surface area contributed by atoms with Crippen LogP contribution in [0.2, 0.25) is 0 Å². The van der Waals surface area contributed by atoms with Gasteiger partial charge in [0.15, 0.2) is 9.84 Å². The molecule has 2 fully saturated rings. The van der Waals surface area contributed by atoms with Gasteiger partial charge in [0.05, 0.1) is 5.25 Å². The highest BCUT2D eigenvalue weighted by atomic mass is 32.2. The van der Waals surface area contributed by atoms with Gasteiger partial charge in [-0.15, -0.1) is 0 Å². The molecule has 1 saturated carbocycles. The Morgan fingerprint density at radius 3 is 2.50 bits per heavy atom. The van der Waals surface area contributed by atoms with E-state index in [2.05, 4.69) is 24.2 Å². The van der Waals surface area contributed by atoms with Crippen molar-refractivity contribution in [3.05, 3.63) is 0 Å². The van der Waals surface area contributed by atoms with Crippen molar-refractivity contribution in [2.24, 2.45) is 5.92 Å². The molecule has 0 amide bonds. The van der Waals surface area contributed by atoms with Crippen molar-refractivity contribution in [2.45, 2.75) is 49.9 Å². The molecule has 0 aromatic heterocycles. The molecule has 4 nitrogen and oxygen atoms in total. The van der Waals surface area contributed by atoms with E-state index in [1.807, 2.05) is 0 Å². The highest BCUT2D eigenvalue weighted by Crippen LogP contribution is 2.27. The molecule has 0 spiro atoms. The Kier molecular flexibility index (Phi) is 4.34. The fourth-order valence-corrected chi connectivity index (χ4v) is 4.91. The Bertz CT molecular complexity index is 382. The molecule has 106 valence electrons. The number of rotatable bonds is 3. The molecule has 4 atom stereocenters. The van der Waals surface area contributed by atoms with E-state index in [-0.39, 0.29) is 11.3 Å². The maximum atomic E-state index is 11.8. The van der Waals surface area contributed by atoms with Crippen molar-refractivity contribution in [3.8, 4) is 0 Å². The Morgan fingerprint density at radius 1 is 1.17 bits per heavy atom. The van der Waals surface area contributed by atoms with Gasteiger partial charge in [-0.05, 0) is 38.8 Å². The predicted octanol–water partition coefficient (Wildman–Crippen LogP) is 0.882. The molecule has 2 aliphatic rings. The lowest BCUT2D eigenvalue weighted by Crippen LogP contribution is -2.52. The Labute approximate surface area is 111 Å². The van der Waals surface area contributed by atoms with E-state index in [4.69, 9.17) is 0 Å². The van der Waals surface area contributed by atoms with Crippen LogP contribution in [0.5, 0.6) is 0 Å². The third-order valence-electron chi connectivity index (χ3n) is 4.54. The van der Waals surface area contributed by atoms with Gasteiger partial charge in [-0.3, -0.25) is 0 Å². The monoisotopic (exact) mass is 274 g/mol. The van der Waals surface area contributed by atoms with Crippen molar-refractivity contribution in [1.82, 2.24) is 10.2 Å². The number of nitrogens with zero attached hydrogens (tertiary/aromatic N) is 1. The Hall–Kier alpha value is -0.130. The first-order chi connectivity index (χ1) is 8.38. The molecule has 1 saturated heterocycles. The fraction of sp³-hybridized carbons (Fsp3) is 1.00. The van der Waals surface area contributed by atoms with Crippen LogP contribution in [-0.4, -0.2) is 57.0 Å². The van der Waals surface area contributed by atoms with E-state index in [1.54, 1.807) is 0 Å². The van der Waals surface area contributed by atoms with Gasteiger partial charge in [-0.2, -0.15) is 0 Å². The topological polar surface area (TPSA) is 49.4 Å². The first-order valence-electron chi connectivity index (χ1n) is 7.01. The van der Waals surface area contributed by atoms with Gasteiger partial charge in [0.1, 0.15) is 0 Å². The average Bonchev–Trinajstić information content (AvgIpc) is 2.70. The normalized spacial score (nSPS) is 39.1.